The summed E-state index contributed by atoms with van der Waals surface area (Å²) in [5.41, 5.74) is 2.21. The van der Waals surface area contributed by atoms with Crippen LogP contribution in [0.25, 0.3) is 0 Å². The van der Waals surface area contributed by atoms with Crippen LogP contribution in [-0.4, -0.2) is 5.97 Å². The Labute approximate surface area is 83.3 Å². The van der Waals surface area contributed by atoms with Crippen LogP contribution in [0.2, 0.25) is 0 Å². The normalized spacial score (nSPS) is 19.1. The fourth-order valence-electron chi connectivity index (χ4n) is 1.67. The summed E-state index contributed by atoms with van der Waals surface area (Å²) in [5, 5.41) is 0. The SMILES string of the molecule is CC(=O)OC1=C2C=CCC=C2C=CC1. The number of rotatable bonds is 1. The molecule has 2 aliphatic carbocycles. The van der Waals surface area contributed by atoms with Crippen molar-refractivity contribution in [2.45, 2.75) is 19.8 Å². The molecule has 0 aliphatic heterocycles. The van der Waals surface area contributed by atoms with Crippen LogP contribution < -0.4 is 0 Å². The molecule has 0 saturated heterocycles. The van der Waals surface area contributed by atoms with Crippen LogP contribution >= 0.6 is 0 Å². The number of ether oxygens (including phenoxy) is 1. The fourth-order valence-corrected chi connectivity index (χ4v) is 1.67. The third-order valence-electron chi connectivity index (χ3n) is 2.24. The lowest BCUT2D eigenvalue weighted by Gasteiger charge is -2.17. The van der Waals surface area contributed by atoms with Crippen molar-refractivity contribution >= 4 is 5.97 Å². The maximum Gasteiger partial charge on any atom is 0.307 e. The Balaban J connectivity index is 2.33. The summed E-state index contributed by atoms with van der Waals surface area (Å²) in [6, 6.07) is 0. The molecule has 0 spiro atoms. The largest absolute Gasteiger partial charge is 0.430 e. The highest BCUT2D eigenvalue weighted by atomic mass is 16.5. The molecular weight excluding hydrogens is 176 g/mol. The van der Waals surface area contributed by atoms with Gasteiger partial charge in [-0.3, -0.25) is 4.79 Å². The van der Waals surface area contributed by atoms with Crippen molar-refractivity contribution in [1.82, 2.24) is 0 Å². The molecule has 0 bridgehead atoms. The molecule has 0 N–H and O–H groups in total. The fraction of sp³-hybridized carbons (Fsp3) is 0.250. The van der Waals surface area contributed by atoms with E-state index in [0.717, 1.165) is 23.3 Å². The molecule has 0 unspecified atom stereocenters. The molecule has 0 fully saturated rings. The average Bonchev–Trinajstić information content (AvgIpc) is 2.18. The molecule has 14 heavy (non-hydrogen) atoms. The van der Waals surface area contributed by atoms with E-state index in [-0.39, 0.29) is 5.97 Å². The third-order valence-corrected chi connectivity index (χ3v) is 2.24. The Morgan fingerprint density at radius 3 is 3.00 bits per heavy atom. The van der Waals surface area contributed by atoms with Gasteiger partial charge in [0.15, 0.2) is 0 Å². The summed E-state index contributed by atoms with van der Waals surface area (Å²) >= 11 is 0. The Kier molecular flexibility index (Phi) is 2.35. The van der Waals surface area contributed by atoms with Crippen molar-refractivity contribution in [1.29, 1.82) is 0 Å². The summed E-state index contributed by atoms with van der Waals surface area (Å²) < 4.78 is 5.16. The van der Waals surface area contributed by atoms with Crippen LogP contribution in [0.3, 0.4) is 0 Å². The molecule has 2 heteroatoms. The second kappa shape index (κ2) is 3.66. The Morgan fingerprint density at radius 2 is 2.21 bits per heavy atom. The van der Waals surface area contributed by atoms with E-state index >= 15 is 0 Å². The smallest absolute Gasteiger partial charge is 0.307 e. The molecule has 0 amide bonds. The number of allylic oxidation sites excluding steroid dienone is 7. The van der Waals surface area contributed by atoms with Gasteiger partial charge in [0.25, 0.3) is 0 Å². The first-order valence-electron chi connectivity index (χ1n) is 4.72. The Hall–Kier alpha value is -1.57. The van der Waals surface area contributed by atoms with Gasteiger partial charge in [-0.15, -0.1) is 0 Å². The molecule has 0 heterocycles. The van der Waals surface area contributed by atoms with Crippen LogP contribution in [0.1, 0.15) is 19.8 Å². The summed E-state index contributed by atoms with van der Waals surface area (Å²) in [4.78, 5) is 10.9. The summed E-state index contributed by atoms with van der Waals surface area (Å²) in [6.45, 7) is 1.43. The highest BCUT2D eigenvalue weighted by Crippen LogP contribution is 2.29. The zero-order chi connectivity index (χ0) is 9.97. The van der Waals surface area contributed by atoms with Crippen LogP contribution in [0.5, 0.6) is 0 Å². The van der Waals surface area contributed by atoms with Crippen molar-refractivity contribution in [2.24, 2.45) is 0 Å². The predicted molar refractivity (Wildman–Crippen MR) is 54.4 cm³/mol. The molecule has 0 radical (unpaired) electrons. The minimum Gasteiger partial charge on any atom is -0.430 e. The van der Waals surface area contributed by atoms with Gasteiger partial charge in [0.1, 0.15) is 5.76 Å². The Morgan fingerprint density at radius 1 is 1.36 bits per heavy atom. The van der Waals surface area contributed by atoms with Crippen LogP contribution in [-0.2, 0) is 9.53 Å². The number of carbonyl (C=O) groups excluding carboxylic acids is 1. The van der Waals surface area contributed by atoms with Gasteiger partial charge in [-0.05, 0) is 12.0 Å². The summed E-state index contributed by atoms with van der Waals surface area (Å²) in [6.07, 6.45) is 12.0. The van der Waals surface area contributed by atoms with E-state index in [2.05, 4.69) is 18.2 Å². The van der Waals surface area contributed by atoms with E-state index in [1.807, 2.05) is 12.2 Å². The summed E-state index contributed by atoms with van der Waals surface area (Å²) in [7, 11) is 0. The maximum atomic E-state index is 10.9. The number of fused-ring (bicyclic) bond motifs is 1. The molecule has 0 saturated carbocycles. The number of hydrogen-bond donors (Lipinski definition) is 0. The topological polar surface area (TPSA) is 26.3 Å². The molecule has 2 rings (SSSR count). The lowest BCUT2D eigenvalue weighted by atomic mass is 9.93. The first-order chi connectivity index (χ1) is 6.77. The second-order valence-corrected chi connectivity index (χ2v) is 3.33. The lowest BCUT2D eigenvalue weighted by Crippen LogP contribution is -2.06. The van der Waals surface area contributed by atoms with Crippen LogP contribution in [0, 0.1) is 0 Å². The molecule has 0 atom stereocenters. The highest BCUT2D eigenvalue weighted by molar-refractivity contribution is 5.68. The molecule has 2 aliphatic rings. The predicted octanol–water partition coefficient (Wildman–Crippen LogP) is 2.65. The van der Waals surface area contributed by atoms with Gasteiger partial charge < -0.3 is 4.74 Å². The molecule has 0 aromatic carbocycles. The second-order valence-electron chi connectivity index (χ2n) is 3.33. The number of hydrogen-bond acceptors (Lipinski definition) is 2. The van der Waals surface area contributed by atoms with Gasteiger partial charge in [-0.2, -0.15) is 0 Å². The van der Waals surface area contributed by atoms with Crippen LogP contribution in [0.15, 0.2) is 47.3 Å². The van der Waals surface area contributed by atoms with Gasteiger partial charge in [-0.25, -0.2) is 0 Å². The van der Waals surface area contributed by atoms with E-state index in [0.29, 0.717) is 6.42 Å². The monoisotopic (exact) mass is 188 g/mol. The van der Waals surface area contributed by atoms with E-state index in [9.17, 15) is 4.79 Å². The van der Waals surface area contributed by atoms with Gasteiger partial charge in [0, 0.05) is 18.9 Å². The van der Waals surface area contributed by atoms with Crippen molar-refractivity contribution in [3.63, 3.8) is 0 Å². The molecule has 0 aromatic heterocycles. The standard InChI is InChI=1S/C12H12O2/c1-9(13)14-12-8-4-6-10-5-2-3-7-11(10)12/h3-7H,2,8H2,1H3. The van der Waals surface area contributed by atoms with Gasteiger partial charge >= 0.3 is 5.97 Å². The van der Waals surface area contributed by atoms with Crippen molar-refractivity contribution < 1.29 is 9.53 Å². The first kappa shape index (κ1) is 9.00. The zero-order valence-electron chi connectivity index (χ0n) is 8.12. The molecule has 2 nitrogen and oxygen atoms in total. The molecule has 0 aromatic rings. The van der Waals surface area contributed by atoms with E-state index in [1.165, 1.54) is 6.92 Å². The van der Waals surface area contributed by atoms with E-state index < -0.39 is 0 Å². The van der Waals surface area contributed by atoms with Gasteiger partial charge in [0.05, 0.1) is 0 Å². The first-order valence-corrected chi connectivity index (χ1v) is 4.72. The van der Waals surface area contributed by atoms with Crippen molar-refractivity contribution in [3.05, 3.63) is 47.3 Å². The quantitative estimate of drug-likeness (QED) is 0.591. The van der Waals surface area contributed by atoms with Gasteiger partial charge in [-0.1, -0.05) is 30.4 Å². The highest BCUT2D eigenvalue weighted by Gasteiger charge is 2.15. The minimum atomic E-state index is -0.249. The van der Waals surface area contributed by atoms with Crippen LogP contribution in [0.4, 0.5) is 0 Å². The molecular formula is C12H12O2. The lowest BCUT2D eigenvalue weighted by molar-refractivity contribution is -0.137. The van der Waals surface area contributed by atoms with E-state index in [1.54, 1.807) is 0 Å². The zero-order valence-corrected chi connectivity index (χ0v) is 8.12. The minimum absolute atomic E-state index is 0.249. The summed E-state index contributed by atoms with van der Waals surface area (Å²) in [5.74, 6) is 0.517. The van der Waals surface area contributed by atoms with Crippen molar-refractivity contribution in [3.8, 4) is 0 Å². The Bertz CT molecular complexity index is 381. The number of carbonyl (C=O) groups is 1. The number of esters is 1. The van der Waals surface area contributed by atoms with Gasteiger partial charge in [0.2, 0.25) is 0 Å². The van der Waals surface area contributed by atoms with Crippen molar-refractivity contribution in [2.75, 3.05) is 0 Å². The average molecular weight is 188 g/mol. The van der Waals surface area contributed by atoms with E-state index in [4.69, 9.17) is 4.74 Å². The maximum absolute atomic E-state index is 10.9. The molecule has 72 valence electrons. The third kappa shape index (κ3) is 1.69.